The highest BCUT2D eigenvalue weighted by Crippen LogP contribution is 2.28. The Morgan fingerprint density at radius 1 is 1.10 bits per heavy atom. The molecule has 0 saturated carbocycles. The van der Waals surface area contributed by atoms with Crippen LogP contribution in [0.25, 0.3) is 10.2 Å². The number of benzene rings is 2. The lowest BCUT2D eigenvalue weighted by atomic mass is 10.1. The highest BCUT2D eigenvalue weighted by molar-refractivity contribution is 7.22. The summed E-state index contributed by atoms with van der Waals surface area (Å²) in [6, 6.07) is 15.2. The van der Waals surface area contributed by atoms with Crippen molar-refractivity contribution in [2.75, 3.05) is 10.6 Å². The minimum Gasteiger partial charge on any atom is -0.308 e. The smallest absolute Gasteiger partial charge is 0.308 e. The van der Waals surface area contributed by atoms with Crippen LogP contribution in [0.5, 0.6) is 0 Å². The molecule has 2 amide bonds. The number of carbonyl (C=O) groups is 1. The van der Waals surface area contributed by atoms with Gasteiger partial charge in [0.05, 0.1) is 10.2 Å². The maximum atomic E-state index is 12.0. The van der Waals surface area contributed by atoms with E-state index >= 15 is 0 Å². The molecule has 2 N–H and O–H groups in total. The Bertz CT molecular complexity index is 768. The molecule has 0 spiro atoms. The summed E-state index contributed by atoms with van der Waals surface area (Å²) in [7, 11) is 0. The fourth-order valence-corrected chi connectivity index (χ4v) is 3.03. The molecule has 4 nitrogen and oxygen atoms in total. The fraction of sp³-hybridized carbons (Fsp3) is 0.125. The standard InChI is InChI=1S/C16H15N3OS/c1-2-11-7-6-10-13-14(11)18-16(21-13)19-15(20)17-12-8-4-3-5-9-12/h3-10H,2H2,1H3,(H2,17,18,19,20). The van der Waals surface area contributed by atoms with Gasteiger partial charge in [-0.05, 0) is 30.2 Å². The van der Waals surface area contributed by atoms with Crippen molar-refractivity contribution in [3.05, 3.63) is 54.1 Å². The SMILES string of the molecule is CCc1cccc2sc(NC(=O)Nc3ccccc3)nc12. The molecule has 0 saturated heterocycles. The Morgan fingerprint density at radius 3 is 2.67 bits per heavy atom. The summed E-state index contributed by atoms with van der Waals surface area (Å²) in [6.07, 6.45) is 0.927. The molecule has 0 radical (unpaired) electrons. The summed E-state index contributed by atoms with van der Waals surface area (Å²) in [6.45, 7) is 2.10. The van der Waals surface area contributed by atoms with Crippen LogP contribution in [0.15, 0.2) is 48.5 Å². The third-order valence-corrected chi connectivity index (χ3v) is 4.07. The second-order valence-electron chi connectivity index (χ2n) is 4.58. The van der Waals surface area contributed by atoms with Gasteiger partial charge in [0.2, 0.25) is 0 Å². The van der Waals surface area contributed by atoms with Crippen LogP contribution in [0.3, 0.4) is 0 Å². The molecule has 0 atom stereocenters. The van der Waals surface area contributed by atoms with E-state index in [9.17, 15) is 4.79 Å². The van der Waals surface area contributed by atoms with E-state index in [1.54, 1.807) is 0 Å². The molecule has 2 aromatic carbocycles. The lowest BCUT2D eigenvalue weighted by Gasteiger charge is -2.04. The fourth-order valence-electron chi connectivity index (χ4n) is 2.13. The van der Waals surface area contributed by atoms with Gasteiger partial charge >= 0.3 is 6.03 Å². The van der Waals surface area contributed by atoms with Gasteiger partial charge in [0.1, 0.15) is 0 Å². The summed E-state index contributed by atoms with van der Waals surface area (Å²) in [5, 5.41) is 6.18. The summed E-state index contributed by atoms with van der Waals surface area (Å²) in [5.41, 5.74) is 2.92. The van der Waals surface area contributed by atoms with Gasteiger partial charge in [-0.25, -0.2) is 9.78 Å². The first-order chi connectivity index (χ1) is 10.3. The van der Waals surface area contributed by atoms with Crippen molar-refractivity contribution in [2.45, 2.75) is 13.3 Å². The number of amides is 2. The predicted octanol–water partition coefficient (Wildman–Crippen LogP) is 4.50. The van der Waals surface area contributed by atoms with Crippen LogP contribution in [0, 0.1) is 0 Å². The van der Waals surface area contributed by atoms with Crippen LogP contribution >= 0.6 is 11.3 Å². The molecule has 0 fully saturated rings. The molecule has 0 unspecified atom stereocenters. The monoisotopic (exact) mass is 297 g/mol. The molecule has 1 heterocycles. The number of fused-ring (bicyclic) bond motifs is 1. The number of thiazole rings is 1. The number of rotatable bonds is 3. The Morgan fingerprint density at radius 2 is 1.90 bits per heavy atom. The van der Waals surface area contributed by atoms with E-state index in [1.165, 1.54) is 16.9 Å². The first-order valence-corrected chi connectivity index (χ1v) is 7.59. The van der Waals surface area contributed by atoms with Crippen molar-refractivity contribution in [1.29, 1.82) is 0 Å². The molecule has 3 rings (SSSR count). The quantitative estimate of drug-likeness (QED) is 0.747. The lowest BCUT2D eigenvalue weighted by molar-refractivity contribution is 0.262. The highest BCUT2D eigenvalue weighted by atomic mass is 32.1. The summed E-state index contributed by atoms with van der Waals surface area (Å²) in [4.78, 5) is 16.5. The molecule has 0 aliphatic rings. The maximum Gasteiger partial charge on any atom is 0.325 e. The zero-order valence-corrected chi connectivity index (χ0v) is 12.4. The molecular formula is C16H15N3OS. The largest absolute Gasteiger partial charge is 0.325 e. The highest BCUT2D eigenvalue weighted by Gasteiger charge is 2.09. The average molecular weight is 297 g/mol. The van der Waals surface area contributed by atoms with Crippen molar-refractivity contribution < 1.29 is 4.79 Å². The van der Waals surface area contributed by atoms with Gasteiger partial charge in [-0.3, -0.25) is 5.32 Å². The van der Waals surface area contributed by atoms with E-state index in [0.717, 1.165) is 22.3 Å². The summed E-state index contributed by atoms with van der Waals surface area (Å²) < 4.78 is 1.09. The number of hydrogen-bond donors (Lipinski definition) is 2. The minimum absolute atomic E-state index is 0.279. The van der Waals surface area contributed by atoms with Crippen molar-refractivity contribution in [1.82, 2.24) is 4.98 Å². The maximum absolute atomic E-state index is 12.0. The van der Waals surface area contributed by atoms with Crippen molar-refractivity contribution in [2.24, 2.45) is 0 Å². The van der Waals surface area contributed by atoms with Crippen LogP contribution in [0.4, 0.5) is 15.6 Å². The van der Waals surface area contributed by atoms with Crippen LogP contribution in [0.1, 0.15) is 12.5 Å². The Labute approximate surface area is 126 Å². The molecular weight excluding hydrogens is 282 g/mol. The summed E-state index contributed by atoms with van der Waals surface area (Å²) in [5.74, 6) is 0. The summed E-state index contributed by atoms with van der Waals surface area (Å²) >= 11 is 1.48. The second kappa shape index (κ2) is 5.93. The zero-order chi connectivity index (χ0) is 14.7. The van der Waals surface area contributed by atoms with Crippen LogP contribution < -0.4 is 10.6 Å². The van der Waals surface area contributed by atoms with Crippen molar-refractivity contribution in [3.8, 4) is 0 Å². The van der Waals surface area contributed by atoms with Crippen LogP contribution in [-0.2, 0) is 6.42 Å². The first kappa shape index (κ1) is 13.6. The van der Waals surface area contributed by atoms with Gasteiger partial charge in [0.25, 0.3) is 0 Å². The van der Waals surface area contributed by atoms with Crippen molar-refractivity contribution >= 4 is 38.4 Å². The molecule has 0 bridgehead atoms. The van der Waals surface area contributed by atoms with E-state index in [-0.39, 0.29) is 6.03 Å². The van der Waals surface area contributed by atoms with Gasteiger partial charge < -0.3 is 5.32 Å². The number of urea groups is 1. The number of nitrogens with zero attached hydrogens (tertiary/aromatic N) is 1. The second-order valence-corrected chi connectivity index (χ2v) is 5.61. The zero-order valence-electron chi connectivity index (χ0n) is 11.6. The number of hydrogen-bond acceptors (Lipinski definition) is 3. The van der Waals surface area contributed by atoms with E-state index in [1.807, 2.05) is 42.5 Å². The number of anilines is 2. The number of aryl methyl sites for hydroxylation is 1. The molecule has 106 valence electrons. The Hall–Kier alpha value is -2.40. The Kier molecular flexibility index (Phi) is 3.83. The van der Waals surface area contributed by atoms with Gasteiger partial charge in [-0.2, -0.15) is 0 Å². The molecule has 1 aromatic heterocycles. The van der Waals surface area contributed by atoms with Crippen LogP contribution in [0.2, 0.25) is 0 Å². The van der Waals surface area contributed by atoms with Gasteiger partial charge in [0, 0.05) is 5.69 Å². The average Bonchev–Trinajstić information content (AvgIpc) is 2.90. The van der Waals surface area contributed by atoms with E-state index in [2.05, 4.69) is 28.6 Å². The van der Waals surface area contributed by atoms with E-state index < -0.39 is 0 Å². The predicted molar refractivity (Wildman–Crippen MR) is 88.1 cm³/mol. The molecule has 5 heteroatoms. The minimum atomic E-state index is -0.279. The molecule has 21 heavy (non-hydrogen) atoms. The lowest BCUT2D eigenvalue weighted by Crippen LogP contribution is -2.19. The normalized spacial score (nSPS) is 10.5. The van der Waals surface area contributed by atoms with Gasteiger partial charge in [-0.15, -0.1) is 0 Å². The molecule has 0 aliphatic carbocycles. The topological polar surface area (TPSA) is 54.0 Å². The molecule has 3 aromatic rings. The Balaban J connectivity index is 1.77. The van der Waals surface area contributed by atoms with Gasteiger partial charge in [0.15, 0.2) is 5.13 Å². The van der Waals surface area contributed by atoms with Gasteiger partial charge in [-0.1, -0.05) is 48.6 Å². The third-order valence-electron chi connectivity index (χ3n) is 3.14. The van der Waals surface area contributed by atoms with Crippen LogP contribution in [-0.4, -0.2) is 11.0 Å². The number of nitrogens with one attached hydrogen (secondary N) is 2. The van der Waals surface area contributed by atoms with Crippen molar-refractivity contribution in [3.63, 3.8) is 0 Å². The number of aromatic nitrogens is 1. The number of para-hydroxylation sites is 2. The third kappa shape index (κ3) is 3.03. The van der Waals surface area contributed by atoms with E-state index in [4.69, 9.17) is 0 Å². The first-order valence-electron chi connectivity index (χ1n) is 6.77. The van der Waals surface area contributed by atoms with E-state index in [0.29, 0.717) is 5.13 Å². The molecule has 0 aliphatic heterocycles. The number of carbonyl (C=O) groups excluding carboxylic acids is 1.